The Kier molecular flexibility index (Phi) is 6.83. The standard InChI is InChI=1S/C25H34N2O2/c1-17-10-12-27(13-11-17)23-8-6-22(7-9-23)20(4)26-25(28)21(5)29-24-15-18(2)14-19(3)16-24/h6-9,14-17,20-21H,10-13H2,1-5H3,(H,26,28)/t20-,21-/m0/s1. The van der Waals surface area contributed by atoms with Crippen LogP contribution in [-0.2, 0) is 4.79 Å². The summed E-state index contributed by atoms with van der Waals surface area (Å²) in [5.41, 5.74) is 4.63. The molecule has 4 nitrogen and oxygen atoms in total. The van der Waals surface area contributed by atoms with Gasteiger partial charge in [-0.3, -0.25) is 4.79 Å². The van der Waals surface area contributed by atoms with Crippen molar-refractivity contribution in [3.8, 4) is 5.75 Å². The van der Waals surface area contributed by atoms with Crippen molar-refractivity contribution in [2.24, 2.45) is 5.92 Å². The van der Waals surface area contributed by atoms with Gasteiger partial charge in [-0.15, -0.1) is 0 Å². The zero-order valence-electron chi connectivity index (χ0n) is 18.4. The van der Waals surface area contributed by atoms with E-state index >= 15 is 0 Å². The number of nitrogens with zero attached hydrogens (tertiary/aromatic N) is 1. The molecule has 156 valence electrons. The molecule has 29 heavy (non-hydrogen) atoms. The van der Waals surface area contributed by atoms with E-state index in [2.05, 4.69) is 47.5 Å². The molecular weight excluding hydrogens is 360 g/mol. The average molecular weight is 395 g/mol. The highest BCUT2D eigenvalue weighted by Crippen LogP contribution is 2.25. The van der Waals surface area contributed by atoms with E-state index in [9.17, 15) is 4.79 Å². The van der Waals surface area contributed by atoms with Gasteiger partial charge >= 0.3 is 0 Å². The maximum absolute atomic E-state index is 12.6. The van der Waals surface area contributed by atoms with Crippen LogP contribution in [-0.4, -0.2) is 25.1 Å². The summed E-state index contributed by atoms with van der Waals surface area (Å²) >= 11 is 0. The second-order valence-corrected chi connectivity index (χ2v) is 8.57. The molecule has 4 heteroatoms. The van der Waals surface area contributed by atoms with Gasteiger partial charge in [0.05, 0.1) is 6.04 Å². The van der Waals surface area contributed by atoms with Crippen LogP contribution in [0, 0.1) is 19.8 Å². The zero-order valence-corrected chi connectivity index (χ0v) is 18.4. The van der Waals surface area contributed by atoms with Crippen molar-refractivity contribution in [2.45, 2.75) is 59.6 Å². The van der Waals surface area contributed by atoms with Crippen molar-refractivity contribution in [1.29, 1.82) is 0 Å². The van der Waals surface area contributed by atoms with Crippen LogP contribution in [0.4, 0.5) is 5.69 Å². The summed E-state index contributed by atoms with van der Waals surface area (Å²) in [6.07, 6.45) is 1.97. The molecule has 1 aliphatic heterocycles. The molecule has 1 saturated heterocycles. The predicted molar refractivity (Wildman–Crippen MR) is 120 cm³/mol. The predicted octanol–water partition coefficient (Wildman–Crippen LogP) is 5.18. The number of rotatable bonds is 6. The number of amides is 1. The van der Waals surface area contributed by atoms with E-state index in [1.54, 1.807) is 6.92 Å². The maximum Gasteiger partial charge on any atom is 0.261 e. The van der Waals surface area contributed by atoms with E-state index in [4.69, 9.17) is 4.74 Å². The van der Waals surface area contributed by atoms with E-state index in [0.29, 0.717) is 0 Å². The molecule has 0 radical (unpaired) electrons. The van der Waals surface area contributed by atoms with Crippen LogP contribution in [0.1, 0.15) is 56.3 Å². The summed E-state index contributed by atoms with van der Waals surface area (Å²) < 4.78 is 5.86. The van der Waals surface area contributed by atoms with Crippen molar-refractivity contribution in [1.82, 2.24) is 5.32 Å². The van der Waals surface area contributed by atoms with Gasteiger partial charge in [-0.05, 0) is 87.4 Å². The van der Waals surface area contributed by atoms with Gasteiger partial charge in [0, 0.05) is 18.8 Å². The van der Waals surface area contributed by atoms with Gasteiger partial charge < -0.3 is 15.0 Å². The van der Waals surface area contributed by atoms with Gasteiger partial charge in [-0.1, -0.05) is 25.1 Å². The molecule has 1 aliphatic rings. The van der Waals surface area contributed by atoms with E-state index in [1.807, 2.05) is 32.9 Å². The zero-order chi connectivity index (χ0) is 21.0. The van der Waals surface area contributed by atoms with Crippen molar-refractivity contribution in [3.05, 3.63) is 59.2 Å². The molecule has 0 aromatic heterocycles. The Labute approximate surface area is 175 Å². The highest BCUT2D eigenvalue weighted by atomic mass is 16.5. The number of hydrogen-bond donors (Lipinski definition) is 1. The number of carbonyl (C=O) groups is 1. The first-order valence-electron chi connectivity index (χ1n) is 10.7. The molecule has 3 rings (SSSR count). The fourth-order valence-electron chi connectivity index (χ4n) is 3.91. The van der Waals surface area contributed by atoms with Crippen molar-refractivity contribution < 1.29 is 9.53 Å². The molecule has 1 heterocycles. The van der Waals surface area contributed by atoms with Crippen LogP contribution >= 0.6 is 0 Å². The third-order valence-corrected chi connectivity index (χ3v) is 5.78. The van der Waals surface area contributed by atoms with Crippen LogP contribution in [0.15, 0.2) is 42.5 Å². The number of carbonyl (C=O) groups excluding carboxylic acids is 1. The molecule has 0 bridgehead atoms. The van der Waals surface area contributed by atoms with Gasteiger partial charge in [0.2, 0.25) is 0 Å². The SMILES string of the molecule is Cc1cc(C)cc(O[C@@H](C)C(=O)N[C@@H](C)c2ccc(N3CCC(C)CC3)cc2)c1. The second-order valence-electron chi connectivity index (χ2n) is 8.57. The van der Waals surface area contributed by atoms with Crippen LogP contribution in [0.5, 0.6) is 5.75 Å². The van der Waals surface area contributed by atoms with Gasteiger partial charge in [0.15, 0.2) is 6.10 Å². The Bertz CT molecular complexity index is 803. The molecule has 2 aromatic rings. The topological polar surface area (TPSA) is 41.6 Å². The minimum atomic E-state index is -0.548. The summed E-state index contributed by atoms with van der Waals surface area (Å²) in [6.45, 7) is 12.4. The Morgan fingerprint density at radius 1 is 1.03 bits per heavy atom. The Morgan fingerprint density at radius 3 is 2.21 bits per heavy atom. The maximum atomic E-state index is 12.6. The fourth-order valence-corrected chi connectivity index (χ4v) is 3.91. The van der Waals surface area contributed by atoms with Crippen molar-refractivity contribution in [3.63, 3.8) is 0 Å². The number of aryl methyl sites for hydroxylation is 2. The first-order valence-corrected chi connectivity index (χ1v) is 10.7. The van der Waals surface area contributed by atoms with E-state index < -0.39 is 6.10 Å². The molecule has 2 atom stereocenters. The fraction of sp³-hybridized carbons (Fsp3) is 0.480. The van der Waals surface area contributed by atoms with Crippen molar-refractivity contribution in [2.75, 3.05) is 18.0 Å². The Balaban J connectivity index is 1.56. The quantitative estimate of drug-likeness (QED) is 0.733. The van der Waals surface area contributed by atoms with Gasteiger partial charge in [-0.25, -0.2) is 0 Å². The lowest BCUT2D eigenvalue weighted by Gasteiger charge is -2.32. The van der Waals surface area contributed by atoms with Crippen LogP contribution in [0.25, 0.3) is 0 Å². The molecule has 0 saturated carbocycles. The molecule has 2 aromatic carbocycles. The normalized spacial score (nSPS) is 16.9. The molecule has 1 N–H and O–H groups in total. The minimum absolute atomic E-state index is 0.0665. The summed E-state index contributed by atoms with van der Waals surface area (Å²) in [5.74, 6) is 1.46. The van der Waals surface area contributed by atoms with Gasteiger partial charge in [0.1, 0.15) is 5.75 Å². The third kappa shape index (κ3) is 5.75. The smallest absolute Gasteiger partial charge is 0.261 e. The number of anilines is 1. The lowest BCUT2D eigenvalue weighted by Crippen LogP contribution is -2.37. The molecule has 0 spiro atoms. The molecule has 1 fully saturated rings. The second kappa shape index (κ2) is 9.34. The van der Waals surface area contributed by atoms with E-state index in [-0.39, 0.29) is 11.9 Å². The van der Waals surface area contributed by atoms with Gasteiger partial charge in [0.25, 0.3) is 5.91 Å². The first-order chi connectivity index (χ1) is 13.8. The minimum Gasteiger partial charge on any atom is -0.481 e. The number of hydrogen-bond acceptors (Lipinski definition) is 3. The van der Waals surface area contributed by atoms with E-state index in [0.717, 1.165) is 41.4 Å². The van der Waals surface area contributed by atoms with Crippen LogP contribution < -0.4 is 15.0 Å². The van der Waals surface area contributed by atoms with Gasteiger partial charge in [-0.2, -0.15) is 0 Å². The Hall–Kier alpha value is -2.49. The molecule has 0 unspecified atom stereocenters. The average Bonchev–Trinajstić information content (AvgIpc) is 2.68. The number of piperidine rings is 1. The summed E-state index contributed by atoms with van der Waals surface area (Å²) in [6, 6.07) is 14.5. The number of ether oxygens (including phenoxy) is 1. The highest BCUT2D eigenvalue weighted by Gasteiger charge is 2.19. The third-order valence-electron chi connectivity index (χ3n) is 5.78. The molecule has 1 amide bonds. The number of nitrogens with one attached hydrogen (secondary N) is 1. The highest BCUT2D eigenvalue weighted by molar-refractivity contribution is 5.81. The van der Waals surface area contributed by atoms with Crippen LogP contribution in [0.3, 0.4) is 0 Å². The van der Waals surface area contributed by atoms with Crippen LogP contribution in [0.2, 0.25) is 0 Å². The monoisotopic (exact) mass is 394 g/mol. The largest absolute Gasteiger partial charge is 0.481 e. The number of benzene rings is 2. The summed E-state index contributed by atoms with van der Waals surface area (Å²) in [7, 11) is 0. The molecular formula is C25H34N2O2. The molecule has 0 aliphatic carbocycles. The Morgan fingerprint density at radius 2 is 1.62 bits per heavy atom. The van der Waals surface area contributed by atoms with Crippen molar-refractivity contribution >= 4 is 11.6 Å². The van der Waals surface area contributed by atoms with E-state index in [1.165, 1.54) is 18.5 Å². The summed E-state index contributed by atoms with van der Waals surface area (Å²) in [4.78, 5) is 15.1. The lowest BCUT2D eigenvalue weighted by atomic mass is 9.98. The summed E-state index contributed by atoms with van der Waals surface area (Å²) in [5, 5.41) is 3.07. The first kappa shape index (κ1) is 21.2. The lowest BCUT2D eigenvalue weighted by molar-refractivity contribution is -0.127.